The van der Waals surface area contributed by atoms with Crippen molar-refractivity contribution in [1.82, 2.24) is 16.0 Å². The zero-order chi connectivity index (χ0) is 28.7. The summed E-state index contributed by atoms with van der Waals surface area (Å²) in [7, 11) is 0. The Morgan fingerprint density at radius 1 is 0.842 bits per heavy atom. The molecule has 4 atom stereocenters. The van der Waals surface area contributed by atoms with Crippen LogP contribution in [-0.4, -0.2) is 65.4 Å². The van der Waals surface area contributed by atoms with Crippen molar-refractivity contribution in [3.63, 3.8) is 0 Å². The van der Waals surface area contributed by atoms with Crippen molar-refractivity contribution in [3.05, 3.63) is 35.9 Å². The standard InChI is InChI=1S/C26H42N6O6/c1-16(2)14-18(28)23(34)30-19(11-12-22(29)33)24(35)32-21(15-17-8-4-3-5-9-17)25(36)31-20(26(37)38)10-6-7-13-27/h3-5,8-9,16,18-21H,6-7,10-15,27-28H2,1-2H3,(H2,29,33)(H,30,34)(H,31,36)(H,32,35)(H,37,38). The molecule has 12 heteroatoms. The molecule has 0 aliphatic rings. The monoisotopic (exact) mass is 534 g/mol. The van der Waals surface area contributed by atoms with Crippen LogP contribution in [0.2, 0.25) is 0 Å². The quantitative estimate of drug-likeness (QED) is 0.122. The first-order valence-corrected chi connectivity index (χ1v) is 12.9. The number of carboxylic acids is 1. The normalized spacial score (nSPS) is 14.1. The van der Waals surface area contributed by atoms with E-state index in [0.717, 1.165) is 5.56 Å². The minimum atomic E-state index is -1.20. The maximum Gasteiger partial charge on any atom is 0.326 e. The number of nitrogens with two attached hydrogens (primary N) is 3. The zero-order valence-electron chi connectivity index (χ0n) is 22.2. The van der Waals surface area contributed by atoms with Crippen LogP contribution in [0.3, 0.4) is 0 Å². The Kier molecular flexibility index (Phi) is 14.6. The average Bonchev–Trinajstić information content (AvgIpc) is 2.85. The Balaban J connectivity index is 3.11. The SMILES string of the molecule is CC(C)CC(N)C(=O)NC(CCC(N)=O)C(=O)NC(Cc1ccccc1)C(=O)NC(CCCCN)C(=O)O. The molecule has 38 heavy (non-hydrogen) atoms. The highest BCUT2D eigenvalue weighted by Crippen LogP contribution is 2.09. The topological polar surface area (TPSA) is 220 Å². The van der Waals surface area contributed by atoms with Gasteiger partial charge >= 0.3 is 5.97 Å². The fraction of sp³-hybridized carbons (Fsp3) is 0.577. The van der Waals surface area contributed by atoms with E-state index in [9.17, 15) is 29.1 Å². The minimum absolute atomic E-state index is 0.0664. The first kappa shape index (κ1) is 32.5. The molecule has 1 aromatic rings. The Labute approximate surface area is 223 Å². The van der Waals surface area contributed by atoms with Crippen molar-refractivity contribution in [2.75, 3.05) is 6.54 Å². The van der Waals surface area contributed by atoms with E-state index in [1.165, 1.54) is 0 Å². The van der Waals surface area contributed by atoms with Crippen LogP contribution in [0.5, 0.6) is 0 Å². The molecular weight excluding hydrogens is 492 g/mol. The molecule has 0 saturated heterocycles. The maximum atomic E-state index is 13.2. The van der Waals surface area contributed by atoms with Crippen LogP contribution in [-0.2, 0) is 30.4 Å². The van der Waals surface area contributed by atoms with E-state index >= 15 is 0 Å². The summed E-state index contributed by atoms with van der Waals surface area (Å²) in [6, 6.07) is 4.49. The van der Waals surface area contributed by atoms with E-state index in [-0.39, 0.29) is 31.6 Å². The molecular formula is C26H42N6O6. The van der Waals surface area contributed by atoms with Crippen LogP contribution in [0.1, 0.15) is 57.9 Å². The number of carbonyl (C=O) groups is 5. The number of carboxylic acid groups (broad SMARTS) is 1. The summed E-state index contributed by atoms with van der Waals surface area (Å²) >= 11 is 0. The van der Waals surface area contributed by atoms with E-state index < -0.39 is 53.8 Å². The Hall–Kier alpha value is -3.51. The predicted molar refractivity (Wildman–Crippen MR) is 142 cm³/mol. The van der Waals surface area contributed by atoms with E-state index in [1.807, 2.05) is 13.8 Å². The lowest BCUT2D eigenvalue weighted by Gasteiger charge is -2.25. The second-order valence-corrected chi connectivity index (χ2v) is 9.74. The summed E-state index contributed by atoms with van der Waals surface area (Å²) in [5.74, 6) is -3.71. The van der Waals surface area contributed by atoms with Crippen LogP contribution in [0, 0.1) is 5.92 Å². The number of amides is 4. The average molecular weight is 535 g/mol. The molecule has 0 aromatic heterocycles. The molecule has 0 heterocycles. The Morgan fingerprint density at radius 3 is 1.97 bits per heavy atom. The molecule has 0 aliphatic heterocycles. The first-order valence-electron chi connectivity index (χ1n) is 12.9. The second kappa shape index (κ2) is 17.1. The summed E-state index contributed by atoms with van der Waals surface area (Å²) < 4.78 is 0. The lowest BCUT2D eigenvalue weighted by Crippen LogP contribution is -2.57. The van der Waals surface area contributed by atoms with Gasteiger partial charge in [-0.25, -0.2) is 4.79 Å². The summed E-state index contributed by atoms with van der Waals surface area (Å²) in [6.45, 7) is 4.20. The van der Waals surface area contributed by atoms with Gasteiger partial charge in [0.05, 0.1) is 6.04 Å². The van der Waals surface area contributed by atoms with E-state index in [1.54, 1.807) is 30.3 Å². The number of unbranched alkanes of at least 4 members (excludes halogenated alkanes) is 1. The van der Waals surface area contributed by atoms with Crippen molar-refractivity contribution < 1.29 is 29.1 Å². The molecule has 0 aliphatic carbocycles. The van der Waals surface area contributed by atoms with Gasteiger partial charge in [0.2, 0.25) is 23.6 Å². The van der Waals surface area contributed by atoms with Crippen molar-refractivity contribution >= 4 is 29.6 Å². The zero-order valence-corrected chi connectivity index (χ0v) is 22.2. The highest BCUT2D eigenvalue weighted by molar-refractivity contribution is 5.94. The van der Waals surface area contributed by atoms with Crippen LogP contribution in [0.15, 0.2) is 30.3 Å². The smallest absolute Gasteiger partial charge is 0.326 e. The van der Waals surface area contributed by atoms with Gasteiger partial charge in [-0.05, 0) is 50.1 Å². The molecule has 1 rings (SSSR count). The Bertz CT molecular complexity index is 926. The molecule has 12 nitrogen and oxygen atoms in total. The van der Waals surface area contributed by atoms with Gasteiger partial charge in [0, 0.05) is 12.8 Å². The summed E-state index contributed by atoms with van der Waals surface area (Å²) in [4.78, 5) is 62.1. The van der Waals surface area contributed by atoms with E-state index in [4.69, 9.17) is 17.2 Å². The molecule has 0 radical (unpaired) electrons. The highest BCUT2D eigenvalue weighted by atomic mass is 16.4. The number of benzene rings is 1. The van der Waals surface area contributed by atoms with Crippen LogP contribution in [0.25, 0.3) is 0 Å². The molecule has 10 N–H and O–H groups in total. The molecule has 212 valence electrons. The lowest BCUT2D eigenvalue weighted by atomic mass is 10.0. The summed E-state index contributed by atoms with van der Waals surface area (Å²) in [5, 5.41) is 17.2. The number of aliphatic carboxylic acids is 1. The Morgan fingerprint density at radius 2 is 1.42 bits per heavy atom. The summed E-state index contributed by atoms with van der Waals surface area (Å²) in [6.07, 6.45) is 1.45. The third-order valence-corrected chi connectivity index (χ3v) is 5.85. The fourth-order valence-corrected chi connectivity index (χ4v) is 3.80. The number of rotatable bonds is 18. The van der Waals surface area contributed by atoms with Gasteiger partial charge in [0.25, 0.3) is 0 Å². The molecule has 0 spiro atoms. The van der Waals surface area contributed by atoms with Crippen molar-refractivity contribution in [3.8, 4) is 0 Å². The van der Waals surface area contributed by atoms with Crippen molar-refractivity contribution in [2.45, 2.75) is 83.0 Å². The van der Waals surface area contributed by atoms with Gasteiger partial charge in [-0.2, -0.15) is 0 Å². The number of nitrogens with one attached hydrogen (secondary N) is 3. The maximum absolute atomic E-state index is 13.2. The predicted octanol–water partition coefficient (Wildman–Crippen LogP) is -0.464. The third kappa shape index (κ3) is 12.6. The molecule has 0 fully saturated rings. The van der Waals surface area contributed by atoms with Gasteiger partial charge in [-0.15, -0.1) is 0 Å². The van der Waals surface area contributed by atoms with Crippen LogP contribution >= 0.6 is 0 Å². The van der Waals surface area contributed by atoms with E-state index in [2.05, 4.69) is 16.0 Å². The van der Waals surface area contributed by atoms with Crippen molar-refractivity contribution in [1.29, 1.82) is 0 Å². The van der Waals surface area contributed by atoms with Crippen LogP contribution < -0.4 is 33.2 Å². The molecule has 4 unspecified atom stereocenters. The number of carbonyl (C=O) groups excluding carboxylic acids is 4. The number of hydrogen-bond donors (Lipinski definition) is 7. The van der Waals surface area contributed by atoms with Gasteiger partial charge in [-0.1, -0.05) is 44.2 Å². The number of hydrogen-bond acceptors (Lipinski definition) is 7. The molecule has 0 saturated carbocycles. The lowest BCUT2D eigenvalue weighted by molar-refractivity contribution is -0.142. The first-order chi connectivity index (χ1) is 17.9. The highest BCUT2D eigenvalue weighted by Gasteiger charge is 2.30. The molecule has 4 amide bonds. The third-order valence-electron chi connectivity index (χ3n) is 5.85. The van der Waals surface area contributed by atoms with E-state index in [0.29, 0.717) is 25.8 Å². The van der Waals surface area contributed by atoms with Gasteiger partial charge in [0.15, 0.2) is 0 Å². The van der Waals surface area contributed by atoms with Gasteiger partial charge < -0.3 is 38.3 Å². The van der Waals surface area contributed by atoms with Crippen molar-refractivity contribution in [2.24, 2.45) is 23.1 Å². The van der Waals surface area contributed by atoms with Crippen LogP contribution in [0.4, 0.5) is 0 Å². The largest absolute Gasteiger partial charge is 0.480 e. The van der Waals surface area contributed by atoms with Gasteiger partial charge in [-0.3, -0.25) is 19.2 Å². The number of primary amides is 1. The second-order valence-electron chi connectivity index (χ2n) is 9.74. The summed E-state index contributed by atoms with van der Waals surface area (Å²) in [5.41, 5.74) is 17.4. The molecule has 0 bridgehead atoms. The van der Waals surface area contributed by atoms with Gasteiger partial charge in [0.1, 0.15) is 18.1 Å². The fourth-order valence-electron chi connectivity index (χ4n) is 3.80. The minimum Gasteiger partial charge on any atom is -0.480 e. The molecule has 1 aromatic carbocycles.